The first-order valence-corrected chi connectivity index (χ1v) is 1.83. The first-order chi connectivity index (χ1) is 2.89. The Morgan fingerprint density at radius 3 is 2.43 bits per heavy atom. The van der Waals surface area contributed by atoms with Gasteiger partial charge in [-0.3, -0.25) is 4.68 Å². The molecular formula is C4H6FeN2+2. The molecule has 3 heteroatoms. The Morgan fingerprint density at radius 1 is 1.57 bits per heavy atom. The maximum atomic E-state index is 3.83. The van der Waals surface area contributed by atoms with Crippen molar-refractivity contribution in [3.8, 4) is 0 Å². The molecule has 0 spiro atoms. The average Bonchev–Trinajstić information content (AvgIpc) is 1.86. The fourth-order valence-electron chi connectivity index (χ4n) is 0.345. The van der Waals surface area contributed by atoms with E-state index >= 15 is 0 Å². The molecule has 0 aliphatic heterocycles. The predicted molar refractivity (Wildman–Crippen MR) is 23.2 cm³/mol. The normalized spacial score (nSPS) is 7.57. The second-order valence-corrected chi connectivity index (χ2v) is 1.18. The summed E-state index contributed by atoms with van der Waals surface area (Å²) in [5.74, 6) is 0. The van der Waals surface area contributed by atoms with Gasteiger partial charge in [0, 0.05) is 19.4 Å². The smallest absolute Gasteiger partial charge is 0.276 e. The molecule has 0 saturated carbocycles. The van der Waals surface area contributed by atoms with Crippen molar-refractivity contribution in [3.05, 3.63) is 18.5 Å². The van der Waals surface area contributed by atoms with Crippen molar-refractivity contribution in [2.45, 2.75) is 0 Å². The van der Waals surface area contributed by atoms with Gasteiger partial charge in [-0.05, 0) is 6.07 Å². The summed E-state index contributed by atoms with van der Waals surface area (Å²) in [6, 6.07) is 1.89. The van der Waals surface area contributed by atoms with Crippen LogP contribution in [0.3, 0.4) is 0 Å². The van der Waals surface area contributed by atoms with Crippen LogP contribution in [0.15, 0.2) is 18.5 Å². The molecular weight excluding hydrogens is 132 g/mol. The van der Waals surface area contributed by atoms with E-state index < -0.39 is 0 Å². The van der Waals surface area contributed by atoms with Gasteiger partial charge in [-0.1, -0.05) is 0 Å². The van der Waals surface area contributed by atoms with Gasteiger partial charge in [0.2, 0.25) is 0 Å². The van der Waals surface area contributed by atoms with Crippen LogP contribution in [0.2, 0.25) is 0 Å². The first kappa shape index (κ1) is 6.73. The zero-order chi connectivity index (χ0) is 4.41. The first-order valence-electron chi connectivity index (χ1n) is 1.83. The Balaban J connectivity index is 0.000000360. The summed E-state index contributed by atoms with van der Waals surface area (Å²) in [7, 11) is 1.89. The fraction of sp³-hybridized carbons (Fsp3) is 0.250. The standard InChI is InChI=1S/C4H6N2.Fe/c1-6-4-2-3-5-6;/h2-4H,1H3;/q;+2. The molecule has 0 radical (unpaired) electrons. The Bertz CT molecular complexity index is 113. The van der Waals surface area contributed by atoms with Gasteiger partial charge in [0.25, 0.3) is 0 Å². The second-order valence-electron chi connectivity index (χ2n) is 1.18. The number of aromatic nitrogens is 2. The number of nitrogens with zero attached hydrogens (tertiary/aromatic N) is 2. The minimum atomic E-state index is 0. The van der Waals surface area contributed by atoms with E-state index in [0.717, 1.165) is 0 Å². The largest absolute Gasteiger partial charge is 2.00 e. The van der Waals surface area contributed by atoms with E-state index in [1.807, 2.05) is 19.3 Å². The third-order valence-electron chi connectivity index (χ3n) is 0.637. The summed E-state index contributed by atoms with van der Waals surface area (Å²) in [5.41, 5.74) is 0. The van der Waals surface area contributed by atoms with Crippen LogP contribution < -0.4 is 0 Å². The predicted octanol–water partition coefficient (Wildman–Crippen LogP) is 0.418. The summed E-state index contributed by atoms with van der Waals surface area (Å²) >= 11 is 0. The number of rotatable bonds is 0. The average molecular weight is 138 g/mol. The molecule has 0 aliphatic carbocycles. The molecule has 0 saturated heterocycles. The van der Waals surface area contributed by atoms with Gasteiger partial charge >= 0.3 is 17.1 Å². The second kappa shape index (κ2) is 2.83. The van der Waals surface area contributed by atoms with Crippen molar-refractivity contribution in [2.75, 3.05) is 0 Å². The molecule has 0 aromatic carbocycles. The van der Waals surface area contributed by atoms with E-state index in [9.17, 15) is 0 Å². The molecule has 0 amide bonds. The summed E-state index contributed by atoms with van der Waals surface area (Å²) in [6.45, 7) is 0. The van der Waals surface area contributed by atoms with Crippen molar-refractivity contribution in [1.82, 2.24) is 9.78 Å². The Morgan fingerprint density at radius 2 is 2.29 bits per heavy atom. The number of hydrogen-bond donors (Lipinski definition) is 0. The van der Waals surface area contributed by atoms with E-state index in [1.165, 1.54) is 0 Å². The van der Waals surface area contributed by atoms with Crippen molar-refractivity contribution >= 4 is 0 Å². The molecule has 0 fully saturated rings. The molecule has 1 heterocycles. The molecule has 38 valence electrons. The van der Waals surface area contributed by atoms with Crippen molar-refractivity contribution in [2.24, 2.45) is 7.05 Å². The fourth-order valence-corrected chi connectivity index (χ4v) is 0.345. The van der Waals surface area contributed by atoms with Crippen LogP contribution in [0, 0.1) is 0 Å². The van der Waals surface area contributed by atoms with Gasteiger partial charge in [-0.25, -0.2) is 0 Å². The number of hydrogen-bond acceptors (Lipinski definition) is 1. The monoisotopic (exact) mass is 138 g/mol. The van der Waals surface area contributed by atoms with Crippen LogP contribution in [0.1, 0.15) is 0 Å². The van der Waals surface area contributed by atoms with E-state index in [2.05, 4.69) is 5.10 Å². The van der Waals surface area contributed by atoms with Gasteiger partial charge in [-0.2, -0.15) is 5.10 Å². The summed E-state index contributed by atoms with van der Waals surface area (Å²) < 4.78 is 1.75. The maximum absolute atomic E-state index is 3.83. The maximum Gasteiger partial charge on any atom is 2.00 e. The topological polar surface area (TPSA) is 17.8 Å². The summed E-state index contributed by atoms with van der Waals surface area (Å²) in [4.78, 5) is 0. The van der Waals surface area contributed by atoms with Gasteiger partial charge in [-0.15, -0.1) is 0 Å². The molecule has 0 aliphatic rings. The van der Waals surface area contributed by atoms with Crippen molar-refractivity contribution in [1.29, 1.82) is 0 Å². The molecule has 7 heavy (non-hydrogen) atoms. The minimum Gasteiger partial charge on any atom is -0.276 e. The van der Waals surface area contributed by atoms with Gasteiger partial charge in [0.05, 0.1) is 0 Å². The molecule has 0 unspecified atom stereocenters. The van der Waals surface area contributed by atoms with Gasteiger partial charge in [0.1, 0.15) is 0 Å². The Kier molecular flexibility index (Phi) is 2.72. The van der Waals surface area contributed by atoms with Crippen LogP contribution in [0.4, 0.5) is 0 Å². The summed E-state index contributed by atoms with van der Waals surface area (Å²) in [6.07, 6.45) is 3.64. The van der Waals surface area contributed by atoms with E-state index in [-0.39, 0.29) is 17.1 Å². The third kappa shape index (κ3) is 1.76. The van der Waals surface area contributed by atoms with Crippen LogP contribution in [-0.2, 0) is 24.1 Å². The summed E-state index contributed by atoms with van der Waals surface area (Å²) in [5, 5.41) is 3.83. The van der Waals surface area contributed by atoms with Crippen molar-refractivity contribution < 1.29 is 17.1 Å². The molecule has 2 nitrogen and oxygen atoms in total. The van der Waals surface area contributed by atoms with Crippen LogP contribution in [-0.4, -0.2) is 9.78 Å². The zero-order valence-corrected chi connectivity index (χ0v) is 5.08. The van der Waals surface area contributed by atoms with Gasteiger partial charge in [0.15, 0.2) is 0 Å². The molecule has 1 aromatic heterocycles. The van der Waals surface area contributed by atoms with Crippen LogP contribution >= 0.6 is 0 Å². The van der Waals surface area contributed by atoms with Crippen LogP contribution in [0.5, 0.6) is 0 Å². The third-order valence-corrected chi connectivity index (χ3v) is 0.637. The molecule has 1 aromatic rings. The SMILES string of the molecule is Cn1cccn1.[Fe+2]. The zero-order valence-electron chi connectivity index (χ0n) is 3.98. The Hall–Kier alpha value is -0.271. The van der Waals surface area contributed by atoms with E-state index in [0.29, 0.717) is 0 Å². The number of aryl methyl sites for hydroxylation is 1. The Labute approximate surface area is 53.0 Å². The minimum absolute atomic E-state index is 0. The molecule has 1 rings (SSSR count). The van der Waals surface area contributed by atoms with E-state index in [1.54, 1.807) is 10.9 Å². The van der Waals surface area contributed by atoms with E-state index in [4.69, 9.17) is 0 Å². The van der Waals surface area contributed by atoms with Crippen molar-refractivity contribution in [3.63, 3.8) is 0 Å². The quantitative estimate of drug-likeness (QED) is 0.475. The van der Waals surface area contributed by atoms with Crippen LogP contribution in [0.25, 0.3) is 0 Å². The molecule has 0 atom stereocenters. The molecule has 0 bridgehead atoms. The molecule has 0 N–H and O–H groups in total. The van der Waals surface area contributed by atoms with Gasteiger partial charge < -0.3 is 0 Å².